The molecule has 13 heavy (non-hydrogen) atoms. The maximum absolute atomic E-state index is 10.2. The van der Waals surface area contributed by atoms with Gasteiger partial charge in [0, 0.05) is 36.1 Å². The first-order chi connectivity index (χ1) is 4.95. The average molecular weight is 224 g/mol. The van der Waals surface area contributed by atoms with Crippen LogP contribution in [0.5, 0.6) is 0 Å². The smallest absolute Gasteiger partial charge is 0.325 e. The summed E-state index contributed by atoms with van der Waals surface area (Å²) >= 11 is 0. The van der Waals surface area contributed by atoms with Crippen LogP contribution in [0.3, 0.4) is 0 Å². The van der Waals surface area contributed by atoms with Crippen LogP contribution in [-0.2, 0) is 9.36 Å². The van der Waals surface area contributed by atoms with Crippen molar-refractivity contribution in [1.82, 2.24) is 5.06 Å². The van der Waals surface area contributed by atoms with Crippen molar-refractivity contribution in [2.24, 2.45) is 0 Å². The van der Waals surface area contributed by atoms with Crippen molar-refractivity contribution in [2.75, 3.05) is 12.7 Å². The fraction of sp³-hybridized carbons (Fsp3) is 0.750. The summed E-state index contributed by atoms with van der Waals surface area (Å²) in [6.45, 7) is -0.0609. The fourth-order valence-corrected chi connectivity index (χ4v) is 1.04. The number of rotatable bonds is 5. The zero-order chi connectivity index (χ0) is 8.91. The van der Waals surface area contributed by atoms with E-state index in [0.717, 1.165) is 0 Å². The molecule has 0 rings (SSSR count). The van der Waals surface area contributed by atoms with Gasteiger partial charge in [0.1, 0.15) is 0 Å². The Hall–Kier alpha value is 0.540. The molecule has 75 valence electrons. The van der Waals surface area contributed by atoms with Crippen LogP contribution in [-0.4, -0.2) is 74.2 Å². The second kappa shape index (κ2) is 9.11. The normalized spacial score (nSPS) is 9.46. The van der Waals surface area contributed by atoms with Gasteiger partial charge in [0.2, 0.25) is 6.41 Å². The number of amides is 1. The van der Waals surface area contributed by atoms with E-state index in [9.17, 15) is 9.36 Å². The van der Waals surface area contributed by atoms with E-state index in [1.165, 1.54) is 0 Å². The third-order valence-electron chi connectivity index (χ3n) is 0.958. The first-order valence-corrected chi connectivity index (χ1v) is 4.71. The van der Waals surface area contributed by atoms with E-state index in [1.807, 2.05) is 0 Å². The van der Waals surface area contributed by atoms with Gasteiger partial charge in [0.15, 0.2) is 0 Å². The maximum atomic E-state index is 10.2. The SMILES string of the molecule is O.O=CN(O)CCCP(=O)(O)O.[Na]. The molecule has 0 saturated heterocycles. The first-order valence-electron chi connectivity index (χ1n) is 2.91. The topological polar surface area (TPSA) is 130 Å². The molecule has 0 bridgehead atoms. The Balaban J connectivity index is -0.000000500. The summed E-state index contributed by atoms with van der Waals surface area (Å²) in [7, 11) is -3.99. The molecule has 0 aromatic carbocycles. The van der Waals surface area contributed by atoms with Gasteiger partial charge < -0.3 is 15.3 Å². The number of hydrogen-bond donors (Lipinski definition) is 3. The Morgan fingerprint density at radius 1 is 1.38 bits per heavy atom. The molecule has 1 amide bonds. The summed E-state index contributed by atoms with van der Waals surface area (Å²) in [6.07, 6.45) is -0.0584. The molecule has 9 heteroatoms. The average Bonchev–Trinajstić information content (AvgIpc) is 1.85. The van der Waals surface area contributed by atoms with E-state index < -0.39 is 7.60 Å². The van der Waals surface area contributed by atoms with Gasteiger partial charge in [-0.05, 0) is 6.42 Å². The van der Waals surface area contributed by atoms with Crippen LogP contribution in [0.2, 0.25) is 0 Å². The van der Waals surface area contributed by atoms with Crippen molar-refractivity contribution in [3.05, 3.63) is 0 Å². The summed E-state index contributed by atoms with van der Waals surface area (Å²) in [4.78, 5) is 26.4. The quantitative estimate of drug-likeness (QED) is 0.167. The van der Waals surface area contributed by atoms with E-state index in [1.54, 1.807) is 0 Å². The van der Waals surface area contributed by atoms with Crippen LogP contribution in [0.25, 0.3) is 0 Å². The largest absolute Gasteiger partial charge is 0.412 e. The molecule has 5 N–H and O–H groups in total. The molecule has 0 atom stereocenters. The van der Waals surface area contributed by atoms with Crippen LogP contribution >= 0.6 is 7.60 Å². The number of carbonyl (C=O) groups excluding carboxylic acids is 1. The minimum atomic E-state index is -3.99. The van der Waals surface area contributed by atoms with Crippen molar-refractivity contribution in [1.29, 1.82) is 0 Å². The van der Waals surface area contributed by atoms with Gasteiger partial charge in [-0.25, -0.2) is 5.06 Å². The van der Waals surface area contributed by atoms with Crippen LogP contribution in [0, 0.1) is 0 Å². The number of hydroxylamine groups is 2. The van der Waals surface area contributed by atoms with E-state index in [-0.39, 0.29) is 60.6 Å². The van der Waals surface area contributed by atoms with Crippen molar-refractivity contribution < 1.29 is 29.8 Å². The summed E-state index contributed by atoms with van der Waals surface area (Å²) < 4.78 is 10.2. The van der Waals surface area contributed by atoms with Gasteiger partial charge in [-0.2, -0.15) is 0 Å². The number of nitrogens with zero attached hydrogens (tertiary/aromatic N) is 1. The molecule has 0 aliphatic rings. The molecular formula is C4H12NNaO6P. The van der Waals surface area contributed by atoms with Gasteiger partial charge >= 0.3 is 7.60 Å². The predicted octanol–water partition coefficient (Wildman–Crippen LogP) is -1.80. The van der Waals surface area contributed by atoms with E-state index in [2.05, 4.69) is 0 Å². The predicted molar refractivity (Wildman–Crippen MR) is 45.5 cm³/mol. The van der Waals surface area contributed by atoms with Crippen molar-refractivity contribution in [3.63, 3.8) is 0 Å². The molecule has 0 aromatic heterocycles. The van der Waals surface area contributed by atoms with Crippen LogP contribution < -0.4 is 0 Å². The molecule has 0 heterocycles. The van der Waals surface area contributed by atoms with Crippen LogP contribution in [0.1, 0.15) is 6.42 Å². The molecule has 0 fully saturated rings. The first kappa shape index (κ1) is 19.2. The van der Waals surface area contributed by atoms with Crippen molar-refractivity contribution in [2.45, 2.75) is 6.42 Å². The summed E-state index contributed by atoms with van der Waals surface area (Å²) in [6, 6.07) is 0. The molecule has 0 aliphatic heterocycles. The monoisotopic (exact) mass is 224 g/mol. The third kappa shape index (κ3) is 15.3. The standard InChI is InChI=1S/C4H10NO5P.Na.H2O/c6-4-5(7)2-1-3-11(8,9)10;;/h4,7H,1-3H2,(H2,8,9,10);;1H2. The minimum Gasteiger partial charge on any atom is -0.412 e. The second-order valence-electron chi connectivity index (χ2n) is 2.01. The van der Waals surface area contributed by atoms with E-state index >= 15 is 0 Å². The van der Waals surface area contributed by atoms with Gasteiger partial charge in [-0.3, -0.25) is 14.6 Å². The summed E-state index contributed by atoms with van der Waals surface area (Å²) in [5, 5.41) is 8.81. The Labute approximate surface area is 97.4 Å². The minimum absolute atomic E-state index is 0. The zero-order valence-corrected chi connectivity index (χ0v) is 10.1. The van der Waals surface area contributed by atoms with Crippen molar-refractivity contribution in [3.8, 4) is 0 Å². The second-order valence-corrected chi connectivity index (χ2v) is 3.79. The molecule has 0 aromatic rings. The van der Waals surface area contributed by atoms with E-state index in [0.29, 0.717) is 5.06 Å². The van der Waals surface area contributed by atoms with Gasteiger partial charge in [-0.1, -0.05) is 0 Å². The molecule has 0 spiro atoms. The Kier molecular flexibility index (Phi) is 13.4. The molecule has 0 saturated carbocycles. The number of hydrogen-bond acceptors (Lipinski definition) is 3. The summed E-state index contributed by atoms with van der Waals surface area (Å²) in [5.74, 6) is 0. The molecule has 0 aliphatic carbocycles. The fourth-order valence-electron chi connectivity index (χ4n) is 0.491. The molecule has 1 radical (unpaired) electrons. The van der Waals surface area contributed by atoms with Gasteiger partial charge in [0.25, 0.3) is 0 Å². The molecule has 0 unspecified atom stereocenters. The zero-order valence-electron chi connectivity index (χ0n) is 7.25. The van der Waals surface area contributed by atoms with Crippen LogP contribution in [0.4, 0.5) is 0 Å². The third-order valence-corrected chi connectivity index (χ3v) is 1.86. The molecule has 7 nitrogen and oxygen atoms in total. The Morgan fingerprint density at radius 2 is 1.85 bits per heavy atom. The van der Waals surface area contributed by atoms with Crippen LogP contribution in [0.15, 0.2) is 0 Å². The Morgan fingerprint density at radius 3 is 2.15 bits per heavy atom. The van der Waals surface area contributed by atoms with Gasteiger partial charge in [-0.15, -0.1) is 0 Å². The summed E-state index contributed by atoms with van der Waals surface area (Å²) in [5.41, 5.74) is 0. The number of carbonyl (C=O) groups is 1. The molecular weight excluding hydrogens is 212 g/mol. The van der Waals surface area contributed by atoms with Gasteiger partial charge in [0.05, 0.1) is 6.16 Å². The van der Waals surface area contributed by atoms with E-state index in [4.69, 9.17) is 15.0 Å². The maximum Gasteiger partial charge on any atom is 0.325 e. The Bertz CT molecular complexity index is 172. The van der Waals surface area contributed by atoms with Crippen molar-refractivity contribution >= 4 is 43.6 Å².